The highest BCUT2D eigenvalue weighted by Gasteiger charge is 2.42. The van der Waals surface area contributed by atoms with Gasteiger partial charge < -0.3 is 19.3 Å². The number of methoxy groups -OCH3 is 2. The van der Waals surface area contributed by atoms with E-state index in [2.05, 4.69) is 0 Å². The van der Waals surface area contributed by atoms with Gasteiger partial charge in [-0.3, -0.25) is 4.79 Å². The zero-order chi connectivity index (χ0) is 13.9. The van der Waals surface area contributed by atoms with Gasteiger partial charge in [0.15, 0.2) is 11.5 Å². The summed E-state index contributed by atoms with van der Waals surface area (Å²) in [5, 5.41) is 9.60. The quantitative estimate of drug-likeness (QED) is 0.900. The van der Waals surface area contributed by atoms with Gasteiger partial charge in [0.2, 0.25) is 0 Å². The van der Waals surface area contributed by atoms with Crippen LogP contribution in [0, 0.1) is 0 Å². The van der Waals surface area contributed by atoms with E-state index >= 15 is 0 Å². The fourth-order valence-corrected chi connectivity index (χ4v) is 2.48. The Morgan fingerprint density at radius 3 is 2.37 bits per heavy atom. The van der Waals surface area contributed by atoms with Crippen LogP contribution in [0.3, 0.4) is 0 Å². The van der Waals surface area contributed by atoms with Gasteiger partial charge in [0.1, 0.15) is 0 Å². The molecule has 0 aliphatic carbocycles. The van der Waals surface area contributed by atoms with E-state index in [0.717, 1.165) is 5.56 Å². The molecule has 0 amide bonds. The van der Waals surface area contributed by atoms with Crippen molar-refractivity contribution >= 4 is 5.97 Å². The van der Waals surface area contributed by atoms with Crippen molar-refractivity contribution in [2.45, 2.75) is 18.3 Å². The van der Waals surface area contributed by atoms with Gasteiger partial charge in [0.25, 0.3) is 0 Å². The Kier molecular flexibility index (Phi) is 3.95. The Morgan fingerprint density at radius 1 is 1.21 bits per heavy atom. The number of aliphatic carboxylic acids is 1. The highest BCUT2D eigenvalue weighted by molar-refractivity contribution is 5.82. The summed E-state index contributed by atoms with van der Waals surface area (Å²) in [6.07, 6.45) is 0.940. The fourth-order valence-electron chi connectivity index (χ4n) is 2.48. The van der Waals surface area contributed by atoms with Crippen molar-refractivity contribution in [3.63, 3.8) is 0 Å². The number of carboxylic acid groups (broad SMARTS) is 1. The molecule has 1 aromatic carbocycles. The molecule has 5 heteroatoms. The second kappa shape index (κ2) is 5.48. The van der Waals surface area contributed by atoms with Gasteiger partial charge in [0, 0.05) is 13.2 Å². The molecule has 5 nitrogen and oxygen atoms in total. The molecule has 0 spiro atoms. The lowest BCUT2D eigenvalue weighted by Gasteiger charge is -2.33. The standard InChI is InChI=1S/C14H18O5/c1-17-11-4-3-10(9-12(11)18-2)14(13(15)16)5-7-19-8-6-14/h3-4,9H,5-8H2,1-2H3,(H,15,16). The zero-order valence-electron chi connectivity index (χ0n) is 11.1. The average Bonchev–Trinajstić information content (AvgIpc) is 2.47. The number of hydrogen-bond donors (Lipinski definition) is 1. The Morgan fingerprint density at radius 2 is 1.84 bits per heavy atom. The summed E-state index contributed by atoms with van der Waals surface area (Å²) in [5.41, 5.74) is -0.154. The SMILES string of the molecule is COc1ccc(C2(C(=O)O)CCOCC2)cc1OC. The van der Waals surface area contributed by atoms with E-state index in [4.69, 9.17) is 14.2 Å². The van der Waals surface area contributed by atoms with Crippen molar-refractivity contribution < 1.29 is 24.1 Å². The predicted molar refractivity (Wildman–Crippen MR) is 68.9 cm³/mol. The summed E-state index contributed by atoms with van der Waals surface area (Å²) < 4.78 is 15.7. The molecule has 1 fully saturated rings. The van der Waals surface area contributed by atoms with Crippen LogP contribution < -0.4 is 9.47 Å². The molecular formula is C14H18O5. The van der Waals surface area contributed by atoms with Gasteiger partial charge in [-0.25, -0.2) is 0 Å². The highest BCUT2D eigenvalue weighted by atomic mass is 16.5. The summed E-state index contributed by atoms with van der Waals surface area (Å²) in [6, 6.07) is 5.29. The van der Waals surface area contributed by atoms with E-state index in [0.29, 0.717) is 37.6 Å². The van der Waals surface area contributed by atoms with Crippen molar-refractivity contribution in [3.8, 4) is 11.5 Å². The van der Waals surface area contributed by atoms with Crippen molar-refractivity contribution in [1.82, 2.24) is 0 Å². The first-order chi connectivity index (χ1) is 9.14. The second-order valence-corrected chi connectivity index (χ2v) is 4.57. The number of hydrogen-bond acceptors (Lipinski definition) is 4. The van der Waals surface area contributed by atoms with Crippen LogP contribution in [0.5, 0.6) is 11.5 Å². The molecule has 1 saturated heterocycles. The smallest absolute Gasteiger partial charge is 0.314 e. The lowest BCUT2D eigenvalue weighted by molar-refractivity contribution is -0.147. The molecule has 1 aliphatic rings. The monoisotopic (exact) mass is 266 g/mol. The molecule has 0 radical (unpaired) electrons. The summed E-state index contributed by atoms with van der Waals surface area (Å²) >= 11 is 0. The molecule has 0 unspecified atom stereocenters. The first-order valence-electron chi connectivity index (χ1n) is 6.17. The maximum absolute atomic E-state index is 11.7. The molecule has 1 heterocycles. The minimum atomic E-state index is -0.891. The van der Waals surface area contributed by atoms with Crippen molar-refractivity contribution in [2.75, 3.05) is 27.4 Å². The summed E-state index contributed by atoms with van der Waals surface area (Å²) in [4.78, 5) is 11.7. The summed E-state index contributed by atoms with van der Waals surface area (Å²) in [5.74, 6) is 0.328. The van der Waals surface area contributed by atoms with E-state index in [1.54, 1.807) is 32.4 Å². The largest absolute Gasteiger partial charge is 0.493 e. The topological polar surface area (TPSA) is 65.0 Å². The molecule has 1 aliphatic heterocycles. The molecule has 19 heavy (non-hydrogen) atoms. The number of ether oxygens (including phenoxy) is 3. The predicted octanol–water partition coefficient (Wildman–Crippen LogP) is 1.84. The highest BCUT2D eigenvalue weighted by Crippen LogP contribution is 2.39. The van der Waals surface area contributed by atoms with E-state index in [9.17, 15) is 9.90 Å². The Balaban J connectivity index is 2.45. The van der Waals surface area contributed by atoms with Crippen LogP contribution in [0.15, 0.2) is 18.2 Å². The van der Waals surface area contributed by atoms with Crippen LogP contribution in [0.4, 0.5) is 0 Å². The number of benzene rings is 1. The molecule has 1 N–H and O–H groups in total. The Labute approximate surface area is 112 Å². The third kappa shape index (κ3) is 2.38. The Hall–Kier alpha value is -1.75. The van der Waals surface area contributed by atoms with Crippen LogP contribution in [0.2, 0.25) is 0 Å². The summed E-state index contributed by atoms with van der Waals surface area (Å²) in [7, 11) is 3.10. The van der Waals surface area contributed by atoms with Gasteiger partial charge in [-0.05, 0) is 30.5 Å². The maximum Gasteiger partial charge on any atom is 0.314 e. The number of carbonyl (C=O) groups is 1. The minimum Gasteiger partial charge on any atom is -0.493 e. The number of carboxylic acids is 1. The van der Waals surface area contributed by atoms with Crippen LogP contribution in [-0.4, -0.2) is 38.5 Å². The molecule has 104 valence electrons. The van der Waals surface area contributed by atoms with Crippen molar-refractivity contribution in [1.29, 1.82) is 0 Å². The van der Waals surface area contributed by atoms with Crippen LogP contribution in [0.25, 0.3) is 0 Å². The van der Waals surface area contributed by atoms with Gasteiger partial charge >= 0.3 is 5.97 Å². The second-order valence-electron chi connectivity index (χ2n) is 4.57. The molecule has 0 bridgehead atoms. The average molecular weight is 266 g/mol. The molecular weight excluding hydrogens is 248 g/mol. The lowest BCUT2D eigenvalue weighted by atomic mass is 9.74. The number of rotatable bonds is 4. The normalized spacial score (nSPS) is 17.8. The van der Waals surface area contributed by atoms with Gasteiger partial charge in [0.05, 0.1) is 19.6 Å². The van der Waals surface area contributed by atoms with Crippen molar-refractivity contribution in [3.05, 3.63) is 23.8 Å². The van der Waals surface area contributed by atoms with Crippen LogP contribution >= 0.6 is 0 Å². The molecule has 0 saturated carbocycles. The van der Waals surface area contributed by atoms with Crippen LogP contribution in [-0.2, 0) is 14.9 Å². The third-order valence-corrected chi connectivity index (χ3v) is 3.69. The first kappa shape index (κ1) is 13.7. The Bertz CT molecular complexity index is 463. The third-order valence-electron chi connectivity index (χ3n) is 3.69. The van der Waals surface area contributed by atoms with E-state index in [-0.39, 0.29) is 0 Å². The van der Waals surface area contributed by atoms with E-state index in [1.807, 2.05) is 0 Å². The van der Waals surface area contributed by atoms with Gasteiger partial charge in [-0.2, -0.15) is 0 Å². The maximum atomic E-state index is 11.7. The zero-order valence-corrected chi connectivity index (χ0v) is 11.1. The van der Waals surface area contributed by atoms with Gasteiger partial charge in [-0.1, -0.05) is 6.07 Å². The van der Waals surface area contributed by atoms with Gasteiger partial charge in [-0.15, -0.1) is 0 Å². The minimum absolute atomic E-state index is 0.459. The van der Waals surface area contributed by atoms with Crippen LogP contribution in [0.1, 0.15) is 18.4 Å². The summed E-state index contributed by atoms with van der Waals surface area (Å²) in [6.45, 7) is 0.918. The molecule has 0 aromatic heterocycles. The first-order valence-corrected chi connectivity index (χ1v) is 6.17. The molecule has 0 atom stereocenters. The fraction of sp³-hybridized carbons (Fsp3) is 0.500. The van der Waals surface area contributed by atoms with Crippen molar-refractivity contribution in [2.24, 2.45) is 0 Å². The van der Waals surface area contributed by atoms with E-state index in [1.165, 1.54) is 0 Å². The molecule has 1 aromatic rings. The lowest BCUT2D eigenvalue weighted by Crippen LogP contribution is -2.41. The molecule has 2 rings (SSSR count). The van der Waals surface area contributed by atoms with E-state index < -0.39 is 11.4 Å².